The highest BCUT2D eigenvalue weighted by Gasteiger charge is 2.62. The summed E-state index contributed by atoms with van der Waals surface area (Å²) in [4.78, 5) is 11.1. The number of ether oxygens (including phenoxy) is 1. The minimum Gasteiger partial charge on any atom is -0.494 e. The molecule has 92 valence electrons. The average Bonchev–Trinajstić information content (AvgIpc) is 2.81. The van der Waals surface area contributed by atoms with Crippen molar-refractivity contribution in [2.45, 2.75) is 19.8 Å². The highest BCUT2D eigenvalue weighted by atomic mass is 19.1. The number of rotatable bonds is 3. The lowest BCUT2D eigenvalue weighted by Crippen LogP contribution is -2.03. The molecule has 1 aliphatic carbocycles. The Balaban J connectivity index is 2.31. The SMILES string of the molecule is COc1ccc([C@H]2[C@H](C(=O)O)C2(C)C)cc1F. The number of halogens is 1. The molecule has 0 amide bonds. The molecule has 1 N–H and O–H groups in total. The number of methoxy groups -OCH3 is 1. The quantitative estimate of drug-likeness (QED) is 0.880. The van der Waals surface area contributed by atoms with E-state index in [2.05, 4.69) is 0 Å². The van der Waals surface area contributed by atoms with E-state index in [4.69, 9.17) is 9.84 Å². The smallest absolute Gasteiger partial charge is 0.307 e. The van der Waals surface area contributed by atoms with Crippen molar-refractivity contribution in [2.75, 3.05) is 7.11 Å². The maximum atomic E-state index is 13.5. The van der Waals surface area contributed by atoms with E-state index in [0.29, 0.717) is 0 Å². The molecule has 0 aliphatic heterocycles. The number of hydrogen-bond acceptors (Lipinski definition) is 2. The molecule has 0 unspecified atom stereocenters. The fraction of sp³-hybridized carbons (Fsp3) is 0.462. The van der Waals surface area contributed by atoms with Gasteiger partial charge >= 0.3 is 5.97 Å². The highest BCUT2D eigenvalue weighted by Crippen LogP contribution is 2.64. The minimum atomic E-state index is -0.823. The standard InChI is InChI=1S/C13H15FO3/c1-13(2)10(11(13)12(15)16)7-4-5-9(17-3)8(14)6-7/h4-6,10-11H,1-3H3,(H,15,16)/t10-,11+/m0/s1. The van der Waals surface area contributed by atoms with E-state index in [-0.39, 0.29) is 17.1 Å². The zero-order valence-electron chi connectivity index (χ0n) is 10.0. The van der Waals surface area contributed by atoms with Crippen LogP contribution in [0.3, 0.4) is 0 Å². The molecule has 2 rings (SSSR count). The van der Waals surface area contributed by atoms with Gasteiger partial charge in [-0.3, -0.25) is 4.79 Å². The van der Waals surface area contributed by atoms with Crippen LogP contribution in [-0.2, 0) is 4.79 Å². The number of carboxylic acid groups (broad SMARTS) is 1. The Kier molecular flexibility index (Phi) is 2.60. The van der Waals surface area contributed by atoms with Crippen LogP contribution in [0.2, 0.25) is 0 Å². The minimum absolute atomic E-state index is 0.125. The van der Waals surface area contributed by atoms with Gasteiger partial charge in [0.2, 0.25) is 0 Å². The molecule has 1 saturated carbocycles. The number of hydrogen-bond donors (Lipinski definition) is 1. The summed E-state index contributed by atoms with van der Waals surface area (Å²) in [6.07, 6.45) is 0. The predicted octanol–water partition coefficient (Wildman–Crippen LogP) is 2.66. The fourth-order valence-corrected chi connectivity index (χ4v) is 2.60. The molecule has 0 saturated heterocycles. The van der Waals surface area contributed by atoms with Gasteiger partial charge in [-0.25, -0.2) is 4.39 Å². The van der Waals surface area contributed by atoms with Crippen LogP contribution in [0.1, 0.15) is 25.3 Å². The number of aliphatic carboxylic acids is 1. The summed E-state index contributed by atoms with van der Waals surface area (Å²) < 4.78 is 18.4. The van der Waals surface area contributed by atoms with E-state index >= 15 is 0 Å². The van der Waals surface area contributed by atoms with Crippen molar-refractivity contribution < 1.29 is 19.0 Å². The summed E-state index contributed by atoms with van der Waals surface area (Å²) in [7, 11) is 1.40. The molecular weight excluding hydrogens is 223 g/mol. The lowest BCUT2D eigenvalue weighted by Gasteiger charge is -2.06. The molecule has 0 heterocycles. The topological polar surface area (TPSA) is 46.5 Å². The molecule has 1 aromatic carbocycles. The van der Waals surface area contributed by atoms with Crippen molar-refractivity contribution >= 4 is 5.97 Å². The molecule has 0 bridgehead atoms. The third kappa shape index (κ3) is 1.77. The van der Waals surface area contributed by atoms with Crippen LogP contribution in [0.15, 0.2) is 18.2 Å². The van der Waals surface area contributed by atoms with Crippen LogP contribution in [0.25, 0.3) is 0 Å². The molecule has 3 nitrogen and oxygen atoms in total. The van der Waals surface area contributed by atoms with Gasteiger partial charge in [0.15, 0.2) is 11.6 Å². The van der Waals surface area contributed by atoms with E-state index in [1.165, 1.54) is 19.2 Å². The summed E-state index contributed by atoms with van der Waals surface area (Å²) >= 11 is 0. The van der Waals surface area contributed by atoms with E-state index in [9.17, 15) is 9.18 Å². The Morgan fingerprint density at radius 3 is 2.53 bits per heavy atom. The zero-order chi connectivity index (χ0) is 12.8. The first-order chi connectivity index (χ1) is 7.89. The summed E-state index contributed by atoms with van der Waals surface area (Å²) in [5.74, 6) is -1.65. The average molecular weight is 238 g/mol. The van der Waals surface area contributed by atoms with Gasteiger partial charge in [0, 0.05) is 5.92 Å². The molecule has 17 heavy (non-hydrogen) atoms. The number of carbonyl (C=O) groups is 1. The first-order valence-corrected chi connectivity index (χ1v) is 5.46. The van der Waals surface area contributed by atoms with Gasteiger partial charge in [-0.05, 0) is 23.1 Å². The van der Waals surface area contributed by atoms with E-state index in [0.717, 1.165) is 5.56 Å². The van der Waals surface area contributed by atoms with Gasteiger partial charge in [-0.1, -0.05) is 19.9 Å². The third-order valence-electron chi connectivity index (χ3n) is 3.63. The molecule has 1 aromatic rings. The van der Waals surface area contributed by atoms with Crippen molar-refractivity contribution in [3.63, 3.8) is 0 Å². The second-order valence-corrected chi connectivity index (χ2v) is 5.01. The second kappa shape index (κ2) is 3.72. The molecule has 0 radical (unpaired) electrons. The number of benzene rings is 1. The monoisotopic (exact) mass is 238 g/mol. The van der Waals surface area contributed by atoms with Gasteiger partial charge in [0.25, 0.3) is 0 Å². The normalized spacial score (nSPS) is 25.4. The molecule has 0 spiro atoms. The van der Waals surface area contributed by atoms with Crippen LogP contribution >= 0.6 is 0 Å². The Labute approximate surface area is 99.2 Å². The van der Waals surface area contributed by atoms with Gasteiger partial charge in [0.1, 0.15) is 0 Å². The molecule has 4 heteroatoms. The van der Waals surface area contributed by atoms with Crippen LogP contribution in [0.4, 0.5) is 4.39 Å². The molecule has 0 aromatic heterocycles. The van der Waals surface area contributed by atoms with Gasteiger partial charge in [-0.2, -0.15) is 0 Å². The Bertz CT molecular complexity index is 468. The van der Waals surface area contributed by atoms with Crippen molar-refractivity contribution in [1.29, 1.82) is 0 Å². The predicted molar refractivity (Wildman–Crippen MR) is 60.6 cm³/mol. The Morgan fingerprint density at radius 2 is 2.12 bits per heavy atom. The van der Waals surface area contributed by atoms with Gasteiger partial charge < -0.3 is 9.84 Å². The molecule has 2 atom stereocenters. The van der Waals surface area contributed by atoms with Gasteiger partial charge in [0.05, 0.1) is 13.0 Å². The number of carboxylic acids is 1. The third-order valence-corrected chi connectivity index (χ3v) is 3.63. The van der Waals surface area contributed by atoms with Crippen LogP contribution in [-0.4, -0.2) is 18.2 Å². The molecule has 1 fully saturated rings. The first-order valence-electron chi connectivity index (χ1n) is 5.46. The fourth-order valence-electron chi connectivity index (χ4n) is 2.60. The van der Waals surface area contributed by atoms with Crippen molar-refractivity contribution in [3.05, 3.63) is 29.6 Å². The van der Waals surface area contributed by atoms with E-state index in [1.807, 2.05) is 13.8 Å². The largest absolute Gasteiger partial charge is 0.494 e. The van der Waals surface area contributed by atoms with Crippen LogP contribution in [0.5, 0.6) is 5.75 Å². The zero-order valence-corrected chi connectivity index (χ0v) is 10.0. The lowest BCUT2D eigenvalue weighted by molar-refractivity contribution is -0.139. The first kappa shape index (κ1) is 11.9. The Hall–Kier alpha value is -1.58. The highest BCUT2D eigenvalue weighted by molar-refractivity contribution is 5.77. The maximum absolute atomic E-state index is 13.5. The summed E-state index contributed by atoms with van der Waals surface area (Å²) in [6.45, 7) is 3.77. The van der Waals surface area contributed by atoms with E-state index in [1.54, 1.807) is 6.07 Å². The van der Waals surface area contributed by atoms with Crippen LogP contribution in [0, 0.1) is 17.2 Å². The summed E-state index contributed by atoms with van der Waals surface area (Å²) in [6, 6.07) is 4.64. The Morgan fingerprint density at radius 1 is 1.47 bits per heavy atom. The summed E-state index contributed by atoms with van der Waals surface area (Å²) in [5.41, 5.74) is 0.410. The van der Waals surface area contributed by atoms with E-state index < -0.39 is 17.7 Å². The summed E-state index contributed by atoms with van der Waals surface area (Å²) in [5, 5.41) is 9.07. The molecule has 1 aliphatic rings. The van der Waals surface area contributed by atoms with Crippen LogP contribution < -0.4 is 4.74 Å². The van der Waals surface area contributed by atoms with Gasteiger partial charge in [-0.15, -0.1) is 0 Å². The lowest BCUT2D eigenvalue weighted by atomic mass is 10.0. The van der Waals surface area contributed by atoms with Crippen molar-refractivity contribution in [1.82, 2.24) is 0 Å². The van der Waals surface area contributed by atoms with Crippen molar-refractivity contribution in [2.24, 2.45) is 11.3 Å². The second-order valence-electron chi connectivity index (χ2n) is 5.01. The maximum Gasteiger partial charge on any atom is 0.307 e. The molecular formula is C13H15FO3. The van der Waals surface area contributed by atoms with Crippen molar-refractivity contribution in [3.8, 4) is 5.75 Å².